The third-order valence-corrected chi connectivity index (χ3v) is 9.39. The molecule has 4 rings (SSSR count). The summed E-state index contributed by atoms with van der Waals surface area (Å²) in [5, 5.41) is 3.37. The number of rotatable bonds is 12. The van der Waals surface area contributed by atoms with Gasteiger partial charge in [0, 0.05) is 24.0 Å². The molecule has 0 aliphatic heterocycles. The molecule has 0 aliphatic carbocycles. The lowest BCUT2D eigenvalue weighted by Crippen LogP contribution is -2.54. The van der Waals surface area contributed by atoms with Gasteiger partial charge in [-0.25, -0.2) is 8.42 Å². The van der Waals surface area contributed by atoms with Gasteiger partial charge in [0.2, 0.25) is 11.8 Å². The molecule has 0 bridgehead atoms. The van der Waals surface area contributed by atoms with E-state index in [2.05, 4.69) is 5.32 Å². The van der Waals surface area contributed by atoms with Crippen LogP contribution in [0.5, 0.6) is 0 Å². The van der Waals surface area contributed by atoms with Crippen molar-refractivity contribution in [2.75, 3.05) is 10.8 Å². The number of aryl methyl sites for hydroxylation is 2. The predicted octanol–water partition coefficient (Wildman–Crippen LogP) is 6.32. The summed E-state index contributed by atoms with van der Waals surface area (Å²) in [5.41, 5.74) is 3.75. The number of nitrogens with one attached hydrogen (secondary N) is 1. The van der Waals surface area contributed by atoms with Crippen LogP contribution in [0.1, 0.15) is 36.1 Å². The zero-order chi connectivity index (χ0) is 31.9. The van der Waals surface area contributed by atoms with Gasteiger partial charge in [-0.3, -0.25) is 13.9 Å². The van der Waals surface area contributed by atoms with E-state index in [1.165, 1.54) is 29.2 Å². The normalized spacial score (nSPS) is 12.0. The van der Waals surface area contributed by atoms with Crippen molar-refractivity contribution in [3.63, 3.8) is 0 Å². The average Bonchev–Trinajstić information content (AvgIpc) is 2.99. The first kappa shape index (κ1) is 32.8. The molecule has 0 radical (unpaired) electrons. The second-order valence-electron chi connectivity index (χ2n) is 11.1. The highest BCUT2D eigenvalue weighted by molar-refractivity contribution is 7.92. The number of carbonyl (C=O) groups is 2. The Labute approximate surface area is 265 Å². The van der Waals surface area contributed by atoms with Crippen LogP contribution in [0.3, 0.4) is 0 Å². The highest BCUT2D eigenvalue weighted by atomic mass is 35.5. The van der Waals surface area contributed by atoms with Crippen LogP contribution in [0, 0.1) is 13.8 Å². The molecule has 4 aromatic rings. The first-order valence-corrected chi connectivity index (χ1v) is 16.3. The lowest BCUT2D eigenvalue weighted by atomic mass is 10.0. The van der Waals surface area contributed by atoms with Crippen molar-refractivity contribution in [3.05, 3.63) is 130 Å². The number of benzene rings is 4. The highest BCUT2D eigenvalue weighted by Gasteiger charge is 2.35. The third-order valence-electron chi connectivity index (χ3n) is 7.37. The molecule has 0 spiro atoms. The molecule has 0 aromatic heterocycles. The van der Waals surface area contributed by atoms with Crippen molar-refractivity contribution in [2.45, 2.75) is 57.6 Å². The Morgan fingerprint density at radius 1 is 0.795 bits per heavy atom. The molecule has 1 atom stereocenters. The van der Waals surface area contributed by atoms with Crippen LogP contribution < -0.4 is 9.62 Å². The number of halogens is 1. The quantitative estimate of drug-likeness (QED) is 0.198. The van der Waals surface area contributed by atoms with Gasteiger partial charge < -0.3 is 10.2 Å². The van der Waals surface area contributed by atoms with Gasteiger partial charge in [0.15, 0.2) is 0 Å². The van der Waals surface area contributed by atoms with Crippen LogP contribution in [0.15, 0.2) is 108 Å². The van der Waals surface area contributed by atoms with E-state index in [0.717, 1.165) is 21.0 Å². The number of para-hydroxylation sites is 1. The van der Waals surface area contributed by atoms with E-state index in [4.69, 9.17) is 11.6 Å². The van der Waals surface area contributed by atoms with Crippen molar-refractivity contribution < 1.29 is 18.0 Å². The summed E-state index contributed by atoms with van der Waals surface area (Å²) in [4.78, 5) is 29.8. The van der Waals surface area contributed by atoms with Crippen LogP contribution in [0.2, 0.25) is 5.02 Å². The maximum absolute atomic E-state index is 14.5. The summed E-state index contributed by atoms with van der Waals surface area (Å²) in [7, 11) is -4.20. The van der Waals surface area contributed by atoms with Crippen LogP contribution >= 0.6 is 11.6 Å². The smallest absolute Gasteiger partial charge is 0.264 e. The molecule has 0 fully saturated rings. The van der Waals surface area contributed by atoms with Gasteiger partial charge in [-0.15, -0.1) is 0 Å². The number of sulfonamides is 1. The maximum atomic E-state index is 14.5. The van der Waals surface area contributed by atoms with E-state index in [9.17, 15) is 18.0 Å². The standard InChI is InChI=1S/C35H38ClN3O4S/c1-25(2)37-35(41)33(22-28-14-6-5-7-15-28)38(23-29-16-10-8-12-26(29)3)34(40)24-39(32-17-11-9-13-27(32)4)44(42,43)31-20-18-30(36)19-21-31/h5-21,25,33H,22-24H2,1-4H3,(H,37,41)/t33-/m1/s1. The largest absolute Gasteiger partial charge is 0.352 e. The number of carbonyl (C=O) groups excluding carboxylic acids is 2. The minimum Gasteiger partial charge on any atom is -0.352 e. The van der Waals surface area contributed by atoms with E-state index in [-0.39, 0.29) is 29.8 Å². The summed E-state index contributed by atoms with van der Waals surface area (Å²) in [5.74, 6) is -0.817. The molecule has 2 amide bonds. The minimum absolute atomic E-state index is 0.00166. The molecular weight excluding hydrogens is 594 g/mol. The van der Waals surface area contributed by atoms with E-state index in [1.807, 2.05) is 81.4 Å². The van der Waals surface area contributed by atoms with E-state index >= 15 is 0 Å². The molecule has 0 aliphatic rings. The molecule has 0 unspecified atom stereocenters. The Morgan fingerprint density at radius 3 is 2.00 bits per heavy atom. The second-order valence-corrected chi connectivity index (χ2v) is 13.4. The molecule has 230 valence electrons. The second kappa shape index (κ2) is 14.6. The zero-order valence-corrected chi connectivity index (χ0v) is 27.0. The maximum Gasteiger partial charge on any atom is 0.264 e. The number of anilines is 1. The minimum atomic E-state index is -4.20. The van der Waals surface area contributed by atoms with E-state index in [1.54, 1.807) is 25.1 Å². The molecular formula is C35H38ClN3O4S. The number of amides is 2. The molecule has 0 heterocycles. The van der Waals surface area contributed by atoms with Gasteiger partial charge in [0.25, 0.3) is 10.0 Å². The summed E-state index contributed by atoms with van der Waals surface area (Å²) in [6, 6.07) is 29.0. The summed E-state index contributed by atoms with van der Waals surface area (Å²) in [6.45, 7) is 7.08. The SMILES string of the molecule is Cc1ccccc1CN(C(=O)CN(c1ccccc1C)S(=O)(=O)c1ccc(Cl)cc1)[C@H](Cc1ccccc1)C(=O)NC(C)C. The number of hydrogen-bond acceptors (Lipinski definition) is 4. The molecule has 44 heavy (non-hydrogen) atoms. The molecule has 4 aromatic carbocycles. The van der Waals surface area contributed by atoms with Gasteiger partial charge in [0.05, 0.1) is 10.6 Å². The Kier molecular flexibility index (Phi) is 10.8. The lowest BCUT2D eigenvalue weighted by Gasteiger charge is -2.34. The number of hydrogen-bond donors (Lipinski definition) is 1. The van der Waals surface area contributed by atoms with Gasteiger partial charge >= 0.3 is 0 Å². The van der Waals surface area contributed by atoms with Crippen molar-refractivity contribution in [2.24, 2.45) is 0 Å². The fourth-order valence-electron chi connectivity index (χ4n) is 5.00. The van der Waals surface area contributed by atoms with Crippen LogP contribution in [-0.4, -0.2) is 43.8 Å². The van der Waals surface area contributed by atoms with Gasteiger partial charge in [-0.05, 0) is 80.3 Å². The van der Waals surface area contributed by atoms with Crippen molar-refractivity contribution in [1.82, 2.24) is 10.2 Å². The Bertz CT molecular complexity index is 1690. The van der Waals surface area contributed by atoms with Crippen molar-refractivity contribution >= 4 is 39.1 Å². The molecule has 0 saturated heterocycles. The third kappa shape index (κ3) is 8.07. The van der Waals surface area contributed by atoms with E-state index < -0.39 is 28.5 Å². The van der Waals surface area contributed by atoms with E-state index in [0.29, 0.717) is 16.3 Å². The highest BCUT2D eigenvalue weighted by Crippen LogP contribution is 2.28. The first-order chi connectivity index (χ1) is 21.0. The fourth-order valence-corrected chi connectivity index (χ4v) is 6.60. The monoisotopic (exact) mass is 631 g/mol. The Hall–Kier alpha value is -4.14. The molecule has 1 N–H and O–H groups in total. The summed E-state index contributed by atoms with van der Waals surface area (Å²) < 4.78 is 29.4. The van der Waals surface area contributed by atoms with Gasteiger partial charge in [0.1, 0.15) is 12.6 Å². The average molecular weight is 632 g/mol. The first-order valence-electron chi connectivity index (χ1n) is 14.5. The molecule has 7 nitrogen and oxygen atoms in total. The van der Waals surface area contributed by atoms with Gasteiger partial charge in [-0.2, -0.15) is 0 Å². The predicted molar refractivity (Wildman–Crippen MR) is 176 cm³/mol. The van der Waals surface area contributed by atoms with Crippen LogP contribution in [0.4, 0.5) is 5.69 Å². The van der Waals surface area contributed by atoms with Gasteiger partial charge in [-0.1, -0.05) is 84.4 Å². The van der Waals surface area contributed by atoms with Crippen molar-refractivity contribution in [1.29, 1.82) is 0 Å². The Morgan fingerprint density at radius 2 is 1.39 bits per heavy atom. The van der Waals surface area contributed by atoms with Crippen molar-refractivity contribution in [3.8, 4) is 0 Å². The summed E-state index contributed by atoms with van der Waals surface area (Å²) >= 11 is 6.06. The lowest BCUT2D eigenvalue weighted by molar-refractivity contribution is -0.140. The number of nitrogens with zero attached hydrogens (tertiary/aromatic N) is 2. The Balaban J connectivity index is 1.82. The van der Waals surface area contributed by atoms with Crippen LogP contribution in [0.25, 0.3) is 0 Å². The fraction of sp³-hybridized carbons (Fsp3) is 0.257. The van der Waals surface area contributed by atoms with Crippen LogP contribution in [-0.2, 0) is 32.6 Å². The molecule has 0 saturated carbocycles. The molecule has 9 heteroatoms. The topological polar surface area (TPSA) is 86.8 Å². The zero-order valence-electron chi connectivity index (χ0n) is 25.4. The summed E-state index contributed by atoms with van der Waals surface area (Å²) in [6.07, 6.45) is 0.255.